The Balaban J connectivity index is 1.94. The van der Waals surface area contributed by atoms with Crippen LogP contribution in [0.2, 0.25) is 0 Å². The average molecular weight is 344 g/mol. The van der Waals surface area contributed by atoms with Crippen LogP contribution in [0.25, 0.3) is 11.0 Å². The van der Waals surface area contributed by atoms with Crippen molar-refractivity contribution in [1.82, 2.24) is 9.55 Å². The quantitative estimate of drug-likeness (QED) is 0.779. The molecule has 3 rings (SSSR count). The molecular weight excluding hydrogens is 330 g/mol. The highest BCUT2D eigenvalue weighted by atomic mass is 79.9. The normalized spacial score (nSPS) is 10.8. The molecule has 1 heterocycles. The molecule has 0 radical (unpaired) electrons. The van der Waals surface area contributed by atoms with Crippen LogP contribution in [0.15, 0.2) is 53.0 Å². The number of halogens is 1. The van der Waals surface area contributed by atoms with E-state index in [-0.39, 0.29) is 5.91 Å². The highest BCUT2D eigenvalue weighted by Gasteiger charge is 2.13. The molecule has 0 saturated carbocycles. The zero-order chi connectivity index (χ0) is 14.8. The van der Waals surface area contributed by atoms with Crippen LogP contribution < -0.4 is 5.32 Å². The maximum atomic E-state index is 12.3. The van der Waals surface area contributed by atoms with Crippen molar-refractivity contribution in [2.75, 3.05) is 5.32 Å². The van der Waals surface area contributed by atoms with Crippen LogP contribution in [0.5, 0.6) is 0 Å². The summed E-state index contributed by atoms with van der Waals surface area (Å²) in [6.07, 6.45) is 0. The van der Waals surface area contributed by atoms with Gasteiger partial charge >= 0.3 is 0 Å². The number of aryl methyl sites for hydroxylation is 1. The first-order valence-electron chi connectivity index (χ1n) is 6.71. The van der Waals surface area contributed by atoms with E-state index >= 15 is 0 Å². The Kier molecular flexibility index (Phi) is 3.75. The summed E-state index contributed by atoms with van der Waals surface area (Å²) in [6, 6.07) is 15.1. The summed E-state index contributed by atoms with van der Waals surface area (Å²) < 4.78 is 2.94. The van der Waals surface area contributed by atoms with Crippen LogP contribution in [0.3, 0.4) is 0 Å². The van der Waals surface area contributed by atoms with Crippen molar-refractivity contribution in [2.45, 2.75) is 13.5 Å². The first-order chi connectivity index (χ1) is 10.2. The lowest BCUT2D eigenvalue weighted by Gasteiger charge is -2.07. The van der Waals surface area contributed by atoms with Gasteiger partial charge in [0.05, 0.1) is 11.0 Å². The van der Waals surface area contributed by atoms with Crippen LogP contribution in [-0.4, -0.2) is 15.5 Å². The minimum Gasteiger partial charge on any atom is -0.310 e. The Morgan fingerprint density at radius 3 is 2.62 bits per heavy atom. The smallest absolute Gasteiger partial charge is 0.257 e. The largest absolute Gasteiger partial charge is 0.310 e. The van der Waals surface area contributed by atoms with Crippen LogP contribution in [0.4, 0.5) is 5.95 Å². The molecule has 5 heteroatoms. The number of aromatic nitrogens is 2. The Morgan fingerprint density at radius 1 is 1.19 bits per heavy atom. The van der Waals surface area contributed by atoms with Crippen molar-refractivity contribution in [1.29, 1.82) is 0 Å². The molecule has 0 aliphatic rings. The third-order valence-corrected chi connectivity index (χ3v) is 3.83. The van der Waals surface area contributed by atoms with E-state index in [4.69, 9.17) is 0 Å². The van der Waals surface area contributed by atoms with Crippen molar-refractivity contribution in [3.05, 3.63) is 58.6 Å². The third kappa shape index (κ3) is 2.69. The number of amides is 1. The highest BCUT2D eigenvalue weighted by molar-refractivity contribution is 9.10. The monoisotopic (exact) mass is 343 g/mol. The fraction of sp³-hybridized carbons (Fsp3) is 0.125. The molecule has 0 bridgehead atoms. The van der Waals surface area contributed by atoms with Crippen LogP contribution in [-0.2, 0) is 6.54 Å². The summed E-state index contributed by atoms with van der Waals surface area (Å²) in [4.78, 5) is 16.8. The van der Waals surface area contributed by atoms with Gasteiger partial charge in [-0.05, 0) is 43.3 Å². The molecule has 0 atom stereocenters. The molecule has 0 fully saturated rings. The molecular formula is C16H14BrN3O. The zero-order valence-electron chi connectivity index (χ0n) is 11.5. The van der Waals surface area contributed by atoms with Gasteiger partial charge in [-0.1, -0.05) is 28.1 Å². The maximum absolute atomic E-state index is 12.3. The zero-order valence-corrected chi connectivity index (χ0v) is 13.1. The first-order valence-corrected chi connectivity index (χ1v) is 7.50. The van der Waals surface area contributed by atoms with Crippen molar-refractivity contribution in [3.8, 4) is 0 Å². The Hall–Kier alpha value is -2.14. The van der Waals surface area contributed by atoms with Gasteiger partial charge in [0.1, 0.15) is 0 Å². The lowest BCUT2D eigenvalue weighted by Crippen LogP contribution is -2.15. The second-order valence-corrected chi connectivity index (χ2v) is 5.55. The maximum Gasteiger partial charge on any atom is 0.257 e. The summed E-state index contributed by atoms with van der Waals surface area (Å²) in [6.45, 7) is 2.78. The van der Waals surface area contributed by atoms with Gasteiger partial charge in [-0.3, -0.25) is 10.1 Å². The van der Waals surface area contributed by atoms with Gasteiger partial charge < -0.3 is 4.57 Å². The molecule has 106 valence electrons. The predicted octanol–water partition coefficient (Wildman–Crippen LogP) is 4.07. The lowest BCUT2D eigenvalue weighted by atomic mass is 10.2. The number of anilines is 1. The van der Waals surface area contributed by atoms with E-state index in [1.54, 1.807) is 12.1 Å². The number of fused-ring (bicyclic) bond motifs is 1. The number of nitrogens with one attached hydrogen (secondary N) is 1. The minimum atomic E-state index is -0.160. The van der Waals surface area contributed by atoms with Gasteiger partial charge in [0.15, 0.2) is 0 Å². The molecule has 2 aromatic carbocycles. The van der Waals surface area contributed by atoms with E-state index in [1.807, 2.05) is 47.9 Å². The fourth-order valence-corrected chi connectivity index (χ4v) is 2.53. The van der Waals surface area contributed by atoms with Crippen LogP contribution in [0.1, 0.15) is 17.3 Å². The van der Waals surface area contributed by atoms with Crippen molar-refractivity contribution in [2.24, 2.45) is 0 Å². The Bertz CT molecular complexity index is 793. The Morgan fingerprint density at radius 2 is 1.90 bits per heavy atom. The molecule has 1 amide bonds. The third-order valence-electron chi connectivity index (χ3n) is 3.30. The standard InChI is InChI=1S/C16H14BrN3O/c1-2-20-14-6-4-3-5-13(14)18-16(20)19-15(21)11-7-9-12(17)10-8-11/h3-10H,2H2,1H3,(H,18,19,21). The van der Waals surface area contributed by atoms with Gasteiger partial charge in [0, 0.05) is 16.6 Å². The lowest BCUT2D eigenvalue weighted by molar-refractivity contribution is 0.102. The van der Waals surface area contributed by atoms with E-state index in [9.17, 15) is 4.79 Å². The number of benzene rings is 2. The van der Waals surface area contributed by atoms with Crippen molar-refractivity contribution in [3.63, 3.8) is 0 Å². The molecule has 0 spiro atoms. The summed E-state index contributed by atoms with van der Waals surface area (Å²) >= 11 is 3.36. The summed E-state index contributed by atoms with van der Waals surface area (Å²) in [7, 11) is 0. The molecule has 1 N–H and O–H groups in total. The molecule has 4 nitrogen and oxygen atoms in total. The van der Waals surface area contributed by atoms with E-state index in [0.717, 1.165) is 22.1 Å². The highest BCUT2D eigenvalue weighted by Crippen LogP contribution is 2.20. The number of hydrogen-bond acceptors (Lipinski definition) is 2. The molecule has 0 aliphatic heterocycles. The molecule has 0 aliphatic carbocycles. The minimum absolute atomic E-state index is 0.160. The molecule has 1 aromatic heterocycles. The van der Waals surface area contributed by atoms with Gasteiger partial charge in [0.2, 0.25) is 5.95 Å². The van der Waals surface area contributed by atoms with Gasteiger partial charge in [-0.25, -0.2) is 4.98 Å². The summed E-state index contributed by atoms with van der Waals surface area (Å²) in [5.41, 5.74) is 2.50. The van der Waals surface area contributed by atoms with Crippen molar-refractivity contribution < 1.29 is 4.79 Å². The molecule has 0 saturated heterocycles. The molecule has 0 unspecified atom stereocenters. The Labute approximate surface area is 130 Å². The van der Waals surface area contributed by atoms with Gasteiger partial charge in [-0.15, -0.1) is 0 Å². The van der Waals surface area contributed by atoms with E-state index in [0.29, 0.717) is 11.5 Å². The predicted molar refractivity (Wildman–Crippen MR) is 87.5 cm³/mol. The number of rotatable bonds is 3. The number of nitrogens with zero attached hydrogens (tertiary/aromatic N) is 2. The van der Waals surface area contributed by atoms with Crippen molar-refractivity contribution >= 4 is 38.8 Å². The number of imidazole rings is 1. The molecule has 3 aromatic rings. The van der Waals surface area contributed by atoms with Gasteiger partial charge in [0.25, 0.3) is 5.91 Å². The second-order valence-electron chi connectivity index (χ2n) is 4.63. The second kappa shape index (κ2) is 5.69. The number of carbonyl (C=O) groups excluding carboxylic acids is 1. The fourth-order valence-electron chi connectivity index (χ4n) is 2.27. The van der Waals surface area contributed by atoms with E-state index < -0.39 is 0 Å². The summed E-state index contributed by atoms with van der Waals surface area (Å²) in [5.74, 6) is 0.416. The summed E-state index contributed by atoms with van der Waals surface area (Å²) in [5, 5.41) is 2.88. The van der Waals surface area contributed by atoms with Gasteiger partial charge in [-0.2, -0.15) is 0 Å². The average Bonchev–Trinajstić information content (AvgIpc) is 2.84. The van der Waals surface area contributed by atoms with E-state index in [2.05, 4.69) is 26.2 Å². The van der Waals surface area contributed by atoms with Crippen LogP contribution in [0, 0.1) is 0 Å². The molecule has 21 heavy (non-hydrogen) atoms. The number of para-hydroxylation sites is 2. The SMILES string of the molecule is CCn1c(NC(=O)c2ccc(Br)cc2)nc2ccccc21. The first kappa shape index (κ1) is 13.8. The topological polar surface area (TPSA) is 46.9 Å². The number of carbonyl (C=O) groups is 1. The van der Waals surface area contributed by atoms with Crippen LogP contribution >= 0.6 is 15.9 Å². The number of hydrogen-bond donors (Lipinski definition) is 1. The van der Waals surface area contributed by atoms with E-state index in [1.165, 1.54) is 0 Å².